The number of hydrogen-bond acceptors (Lipinski definition) is 4. The molecule has 0 amide bonds. The minimum Gasteiger partial charge on any atom is -0.399 e. The Bertz CT molecular complexity index is 1350. The lowest BCUT2D eigenvalue weighted by atomic mass is 9.99. The van der Waals surface area contributed by atoms with Crippen LogP contribution in [0.4, 0.5) is 5.69 Å². The van der Waals surface area contributed by atoms with Crippen LogP contribution in [0.5, 0.6) is 0 Å². The summed E-state index contributed by atoms with van der Waals surface area (Å²) in [7, 11) is -1.24. The van der Waals surface area contributed by atoms with Crippen LogP contribution in [-0.4, -0.2) is 22.6 Å². The van der Waals surface area contributed by atoms with Gasteiger partial charge >= 0.3 is 0 Å². The molecular weight excluding hydrogens is 376 g/mol. The average molecular weight is 401 g/mol. The van der Waals surface area contributed by atoms with Gasteiger partial charge in [-0.1, -0.05) is 37.8 Å². The minimum absolute atomic E-state index is 0.00307. The number of para-hydroxylation sites is 1. The fraction of sp³-hybridized carbons (Fsp3) is 0.261. The Balaban J connectivity index is 1.79. The first-order valence-corrected chi connectivity index (χ1v) is 13.7. The molecule has 0 radical (unpaired) electrons. The maximum absolute atomic E-state index is 13.1. The highest BCUT2D eigenvalue weighted by atomic mass is 28.3. The summed E-state index contributed by atoms with van der Waals surface area (Å²) >= 11 is 0. The molecule has 0 aliphatic carbocycles. The van der Waals surface area contributed by atoms with Crippen LogP contribution >= 0.6 is 0 Å². The fourth-order valence-corrected chi connectivity index (χ4v) is 5.18. The van der Waals surface area contributed by atoms with Crippen molar-refractivity contribution in [3.8, 4) is 11.5 Å². The Morgan fingerprint density at radius 3 is 2.59 bits per heavy atom. The van der Waals surface area contributed by atoms with Crippen molar-refractivity contribution < 1.29 is 0 Å². The number of aryl methyl sites for hydroxylation is 1. The van der Waals surface area contributed by atoms with Crippen molar-refractivity contribution in [2.45, 2.75) is 38.7 Å². The topological polar surface area (TPSA) is 73.8 Å². The molecule has 0 spiro atoms. The largest absolute Gasteiger partial charge is 0.399 e. The molecule has 0 fully saturated rings. The predicted molar refractivity (Wildman–Crippen MR) is 122 cm³/mol. The molecule has 0 atom stereocenters. The molecule has 4 aromatic rings. The van der Waals surface area contributed by atoms with Gasteiger partial charge in [-0.3, -0.25) is 9.36 Å². The smallest absolute Gasteiger partial charge is 0.262 e. The summed E-state index contributed by atoms with van der Waals surface area (Å²) in [4.78, 5) is 22.9. The summed E-state index contributed by atoms with van der Waals surface area (Å²) in [5.41, 5.74) is 11.7. The van der Waals surface area contributed by atoms with Crippen LogP contribution in [0.1, 0.15) is 11.1 Å². The minimum atomic E-state index is -1.24. The molecule has 2 aromatic carbocycles. The van der Waals surface area contributed by atoms with E-state index >= 15 is 0 Å². The number of pyridine rings is 1. The van der Waals surface area contributed by atoms with Crippen LogP contribution in [0.3, 0.4) is 0 Å². The molecule has 5 rings (SSSR count). The van der Waals surface area contributed by atoms with Crippen molar-refractivity contribution in [3.63, 3.8) is 0 Å². The van der Waals surface area contributed by atoms with Crippen LogP contribution < -0.4 is 11.3 Å². The van der Waals surface area contributed by atoms with Crippen molar-refractivity contribution in [2.75, 3.05) is 5.73 Å². The molecule has 29 heavy (non-hydrogen) atoms. The number of hydrogen-bond donors (Lipinski definition) is 1. The molecule has 0 saturated heterocycles. The number of nitrogen functional groups attached to an aromatic ring is 1. The zero-order chi connectivity index (χ0) is 20.3. The summed E-state index contributed by atoms with van der Waals surface area (Å²) in [6, 6.07) is 14.6. The summed E-state index contributed by atoms with van der Waals surface area (Å²) in [5, 5.41) is 1.76. The molecule has 3 heterocycles. The second-order valence-corrected chi connectivity index (χ2v) is 14.7. The van der Waals surface area contributed by atoms with Gasteiger partial charge in [0.25, 0.3) is 5.56 Å². The average Bonchev–Trinajstić information content (AvgIpc) is 3.03. The first-order chi connectivity index (χ1) is 13.8. The van der Waals surface area contributed by atoms with E-state index in [2.05, 4.69) is 19.6 Å². The molecule has 2 aromatic heterocycles. The summed E-state index contributed by atoms with van der Waals surface area (Å²) in [6.07, 6.45) is 0.975. The van der Waals surface area contributed by atoms with E-state index in [0.29, 0.717) is 17.8 Å². The quantitative estimate of drug-likeness (QED) is 0.359. The lowest BCUT2D eigenvalue weighted by Gasteiger charge is -2.18. The van der Waals surface area contributed by atoms with Gasteiger partial charge in [0, 0.05) is 24.7 Å². The Kier molecular flexibility index (Phi) is 3.89. The van der Waals surface area contributed by atoms with Gasteiger partial charge < -0.3 is 5.73 Å². The van der Waals surface area contributed by atoms with Crippen molar-refractivity contribution in [1.82, 2.24) is 14.5 Å². The number of nitrogens with zero attached hydrogens (tertiary/aromatic N) is 3. The number of fused-ring (bicyclic) bond motifs is 5. The Morgan fingerprint density at radius 1 is 1.03 bits per heavy atom. The van der Waals surface area contributed by atoms with Gasteiger partial charge in [0.15, 0.2) is 5.82 Å². The first-order valence-electron chi connectivity index (χ1n) is 10.0. The lowest BCUT2D eigenvalue weighted by molar-refractivity contribution is 0.790. The third kappa shape index (κ3) is 2.95. The van der Waals surface area contributed by atoms with E-state index in [9.17, 15) is 4.79 Å². The summed E-state index contributed by atoms with van der Waals surface area (Å²) < 4.78 is 1.78. The molecule has 5 nitrogen and oxygen atoms in total. The highest BCUT2D eigenvalue weighted by molar-refractivity contribution is 6.76. The molecule has 0 unspecified atom stereocenters. The van der Waals surface area contributed by atoms with E-state index in [4.69, 9.17) is 15.7 Å². The predicted octanol–water partition coefficient (Wildman–Crippen LogP) is 4.44. The maximum atomic E-state index is 13.1. The Morgan fingerprint density at radius 2 is 1.79 bits per heavy atom. The fourth-order valence-electron chi connectivity index (χ4n) is 4.18. The molecule has 0 saturated carbocycles. The second-order valence-electron chi connectivity index (χ2n) is 9.10. The van der Waals surface area contributed by atoms with Gasteiger partial charge in [-0.2, -0.15) is 0 Å². The van der Waals surface area contributed by atoms with Gasteiger partial charge in [-0.05, 0) is 42.3 Å². The zero-order valence-corrected chi connectivity index (χ0v) is 18.0. The Hall–Kier alpha value is -2.99. The SMILES string of the molecule is C[Si](C)(C)CCc1c2c(nc3ccc(N)cc13)-c1nc3ccccc3c(=O)n1C2. The molecule has 6 heteroatoms. The first kappa shape index (κ1) is 18.1. The number of anilines is 1. The van der Waals surface area contributed by atoms with Gasteiger partial charge in [-0.25, -0.2) is 9.97 Å². The number of benzene rings is 2. The highest BCUT2D eigenvalue weighted by Crippen LogP contribution is 2.36. The molecule has 0 bridgehead atoms. The van der Waals surface area contributed by atoms with E-state index in [1.165, 1.54) is 11.6 Å². The van der Waals surface area contributed by atoms with E-state index < -0.39 is 8.07 Å². The summed E-state index contributed by atoms with van der Waals surface area (Å²) in [6.45, 7) is 7.69. The monoisotopic (exact) mass is 400 g/mol. The zero-order valence-electron chi connectivity index (χ0n) is 17.0. The van der Waals surface area contributed by atoms with Crippen LogP contribution in [-0.2, 0) is 13.0 Å². The van der Waals surface area contributed by atoms with Crippen LogP contribution in [0.2, 0.25) is 25.7 Å². The van der Waals surface area contributed by atoms with E-state index in [1.807, 2.05) is 42.5 Å². The number of nitrogens with two attached hydrogens (primary N) is 1. The van der Waals surface area contributed by atoms with Gasteiger partial charge in [-0.15, -0.1) is 0 Å². The molecule has 146 valence electrons. The maximum Gasteiger partial charge on any atom is 0.262 e. The van der Waals surface area contributed by atoms with E-state index in [0.717, 1.165) is 39.8 Å². The lowest BCUT2D eigenvalue weighted by Crippen LogP contribution is -2.21. The van der Waals surface area contributed by atoms with Gasteiger partial charge in [0.1, 0.15) is 5.69 Å². The molecule has 2 N–H and O–H groups in total. The Labute approximate surface area is 170 Å². The highest BCUT2D eigenvalue weighted by Gasteiger charge is 2.28. The normalized spacial score (nSPS) is 13.1. The van der Waals surface area contributed by atoms with Crippen molar-refractivity contribution in [2.24, 2.45) is 0 Å². The number of aromatic nitrogens is 3. The second kappa shape index (κ2) is 6.25. The molecule has 1 aliphatic heterocycles. The molecule has 1 aliphatic rings. The van der Waals surface area contributed by atoms with Crippen molar-refractivity contribution in [1.29, 1.82) is 0 Å². The van der Waals surface area contributed by atoms with Crippen molar-refractivity contribution >= 4 is 35.6 Å². The van der Waals surface area contributed by atoms with Gasteiger partial charge in [0.05, 0.1) is 23.0 Å². The van der Waals surface area contributed by atoms with Crippen LogP contribution in [0, 0.1) is 0 Å². The van der Waals surface area contributed by atoms with E-state index in [1.54, 1.807) is 4.57 Å². The van der Waals surface area contributed by atoms with Crippen molar-refractivity contribution in [3.05, 3.63) is 63.9 Å². The summed E-state index contributed by atoms with van der Waals surface area (Å²) in [5.74, 6) is 0.677. The third-order valence-electron chi connectivity index (χ3n) is 5.74. The standard InChI is InChI=1S/C23H24N4OSi/c1-29(2,3)11-10-15-17-12-14(24)8-9-20(17)25-21-18(15)13-27-22(21)26-19-7-5-4-6-16(19)23(27)28/h4-9,12H,10-11,13,24H2,1-3H3. The molecular formula is C23H24N4OSi. The van der Waals surface area contributed by atoms with Crippen LogP contribution in [0.25, 0.3) is 33.3 Å². The number of rotatable bonds is 3. The van der Waals surface area contributed by atoms with Crippen LogP contribution in [0.15, 0.2) is 47.3 Å². The van der Waals surface area contributed by atoms with E-state index in [-0.39, 0.29) is 5.56 Å². The third-order valence-corrected chi connectivity index (χ3v) is 7.49. The van der Waals surface area contributed by atoms with Gasteiger partial charge in [0.2, 0.25) is 0 Å².